The van der Waals surface area contributed by atoms with Crippen LogP contribution in [0.15, 0.2) is 24.3 Å². The third-order valence-electron chi connectivity index (χ3n) is 2.83. The molecule has 0 aliphatic rings. The van der Waals surface area contributed by atoms with E-state index in [2.05, 4.69) is 67.9 Å². The molecule has 0 aliphatic heterocycles. The van der Waals surface area contributed by atoms with Gasteiger partial charge in [0.2, 0.25) is 0 Å². The summed E-state index contributed by atoms with van der Waals surface area (Å²) >= 11 is 3.76. The molecule has 0 radical (unpaired) electrons. The van der Waals surface area contributed by atoms with E-state index in [9.17, 15) is 0 Å². The molecule has 0 nitrogen and oxygen atoms in total. The molecule has 0 N–H and O–H groups in total. The van der Waals surface area contributed by atoms with Crippen molar-refractivity contribution in [1.29, 1.82) is 0 Å². The van der Waals surface area contributed by atoms with Crippen LogP contribution in [0.1, 0.15) is 51.2 Å². The molecular weight excluding hydrogens is 260 g/mol. The van der Waals surface area contributed by atoms with E-state index >= 15 is 0 Å². The number of hydrogen-bond donors (Lipinski definition) is 0. The van der Waals surface area contributed by atoms with Crippen molar-refractivity contribution in [3.8, 4) is 0 Å². The smallest absolute Gasteiger partial charge is 0.0188 e. The fourth-order valence-electron chi connectivity index (χ4n) is 1.89. The van der Waals surface area contributed by atoms with E-state index < -0.39 is 0 Å². The maximum absolute atomic E-state index is 3.76. The fraction of sp³-hybridized carbons (Fsp3) is 0.600. The molecule has 1 heteroatoms. The lowest BCUT2D eigenvalue weighted by molar-refractivity contribution is 0.571. The summed E-state index contributed by atoms with van der Waals surface area (Å²) in [7, 11) is 0. The Morgan fingerprint density at radius 3 is 2.00 bits per heavy atom. The van der Waals surface area contributed by atoms with Crippen molar-refractivity contribution in [2.45, 2.75) is 51.3 Å². The van der Waals surface area contributed by atoms with Gasteiger partial charge >= 0.3 is 0 Å². The Balaban J connectivity index is 2.55. The van der Waals surface area contributed by atoms with Crippen molar-refractivity contribution in [1.82, 2.24) is 0 Å². The van der Waals surface area contributed by atoms with Crippen molar-refractivity contribution >= 4 is 15.9 Å². The minimum atomic E-state index is 0.609. The Hall–Kier alpha value is -0.300. The summed E-state index contributed by atoms with van der Waals surface area (Å²) in [5.74, 6) is 1.39. The molecule has 0 saturated heterocycles. The van der Waals surface area contributed by atoms with E-state index in [0.717, 1.165) is 12.3 Å². The van der Waals surface area contributed by atoms with Gasteiger partial charge in [-0.05, 0) is 35.8 Å². The molecule has 0 aromatic heterocycles. The second-order valence-electron chi connectivity index (χ2n) is 5.33. The molecule has 0 spiro atoms. The minimum Gasteiger partial charge on any atom is -0.0887 e. The standard InChI is InChI=1S/C15H23Br/c1-11(2)9-15(16)10-13-5-7-14(8-6-13)12(3)4/h5-8,11-12,15H,9-10H2,1-4H3. The molecule has 0 amide bonds. The van der Waals surface area contributed by atoms with Crippen LogP contribution in [0.5, 0.6) is 0 Å². The van der Waals surface area contributed by atoms with Crippen LogP contribution < -0.4 is 0 Å². The molecule has 0 heterocycles. The highest BCUT2D eigenvalue weighted by atomic mass is 79.9. The summed E-state index contributed by atoms with van der Waals surface area (Å²) in [4.78, 5) is 0.609. The van der Waals surface area contributed by atoms with E-state index in [-0.39, 0.29) is 0 Å². The van der Waals surface area contributed by atoms with Crippen molar-refractivity contribution in [2.75, 3.05) is 0 Å². The highest BCUT2D eigenvalue weighted by molar-refractivity contribution is 9.09. The van der Waals surface area contributed by atoms with E-state index in [1.165, 1.54) is 17.5 Å². The van der Waals surface area contributed by atoms with Gasteiger partial charge in [-0.1, -0.05) is 67.9 Å². The summed E-state index contributed by atoms with van der Waals surface area (Å²) in [6.07, 6.45) is 2.38. The fourth-order valence-corrected chi connectivity index (χ4v) is 3.01. The topological polar surface area (TPSA) is 0 Å². The van der Waals surface area contributed by atoms with E-state index in [4.69, 9.17) is 0 Å². The lowest BCUT2D eigenvalue weighted by Crippen LogP contribution is -2.06. The molecule has 1 unspecified atom stereocenters. The first-order valence-corrected chi connectivity index (χ1v) is 7.13. The van der Waals surface area contributed by atoms with Crippen LogP contribution in [0.3, 0.4) is 0 Å². The average molecular weight is 283 g/mol. The maximum atomic E-state index is 3.76. The van der Waals surface area contributed by atoms with Crippen molar-refractivity contribution < 1.29 is 0 Å². The van der Waals surface area contributed by atoms with Gasteiger partial charge in [0.25, 0.3) is 0 Å². The largest absolute Gasteiger partial charge is 0.0887 e. The summed E-state index contributed by atoms with van der Waals surface area (Å²) in [6.45, 7) is 9.02. The number of hydrogen-bond acceptors (Lipinski definition) is 0. The quantitative estimate of drug-likeness (QED) is 0.654. The third-order valence-corrected chi connectivity index (χ3v) is 3.53. The molecular formula is C15H23Br. The SMILES string of the molecule is CC(C)CC(Br)Cc1ccc(C(C)C)cc1. The van der Waals surface area contributed by atoms with Gasteiger partial charge in [-0.3, -0.25) is 0 Å². The predicted octanol–water partition coefficient (Wildman–Crippen LogP) is 5.16. The third kappa shape index (κ3) is 4.69. The van der Waals surface area contributed by atoms with E-state index in [1.54, 1.807) is 0 Å². The number of halogens is 1. The summed E-state index contributed by atoms with van der Waals surface area (Å²) in [6, 6.07) is 9.05. The normalized spacial score (nSPS) is 13.4. The van der Waals surface area contributed by atoms with Crippen LogP contribution in [0, 0.1) is 5.92 Å². The van der Waals surface area contributed by atoms with Crippen molar-refractivity contribution in [3.05, 3.63) is 35.4 Å². The van der Waals surface area contributed by atoms with Crippen molar-refractivity contribution in [2.24, 2.45) is 5.92 Å². The number of rotatable bonds is 5. The summed E-state index contributed by atoms with van der Waals surface area (Å²) < 4.78 is 0. The second kappa shape index (κ2) is 6.44. The monoisotopic (exact) mass is 282 g/mol. The molecule has 1 aromatic rings. The van der Waals surface area contributed by atoms with Gasteiger partial charge in [0.1, 0.15) is 0 Å². The summed E-state index contributed by atoms with van der Waals surface area (Å²) in [5, 5.41) is 0. The van der Waals surface area contributed by atoms with Gasteiger partial charge in [-0.2, -0.15) is 0 Å². The van der Waals surface area contributed by atoms with Crippen molar-refractivity contribution in [3.63, 3.8) is 0 Å². The second-order valence-corrected chi connectivity index (χ2v) is 6.62. The molecule has 0 aliphatic carbocycles. The first-order valence-electron chi connectivity index (χ1n) is 6.22. The van der Waals surface area contributed by atoms with Gasteiger partial charge in [0, 0.05) is 4.83 Å². The first-order chi connectivity index (χ1) is 7.49. The number of benzene rings is 1. The molecule has 16 heavy (non-hydrogen) atoms. The van der Waals surface area contributed by atoms with Crippen LogP contribution in [-0.4, -0.2) is 4.83 Å². The van der Waals surface area contributed by atoms with Gasteiger partial charge in [0.15, 0.2) is 0 Å². The van der Waals surface area contributed by atoms with Crippen LogP contribution in [0.4, 0.5) is 0 Å². The summed E-state index contributed by atoms with van der Waals surface area (Å²) in [5.41, 5.74) is 2.87. The van der Waals surface area contributed by atoms with Crippen LogP contribution in [-0.2, 0) is 6.42 Å². The average Bonchev–Trinajstić information content (AvgIpc) is 2.16. The highest BCUT2D eigenvalue weighted by Gasteiger charge is 2.08. The lowest BCUT2D eigenvalue weighted by atomic mass is 9.98. The van der Waals surface area contributed by atoms with E-state index in [0.29, 0.717) is 10.7 Å². The molecule has 1 aromatic carbocycles. The lowest BCUT2D eigenvalue weighted by Gasteiger charge is -2.13. The first kappa shape index (κ1) is 13.8. The predicted molar refractivity (Wildman–Crippen MR) is 76.4 cm³/mol. The molecule has 90 valence electrons. The zero-order valence-electron chi connectivity index (χ0n) is 10.8. The number of alkyl halides is 1. The van der Waals surface area contributed by atoms with Gasteiger partial charge < -0.3 is 0 Å². The Kier molecular flexibility index (Phi) is 5.54. The van der Waals surface area contributed by atoms with Gasteiger partial charge in [0.05, 0.1) is 0 Å². The van der Waals surface area contributed by atoms with Crippen LogP contribution in [0.2, 0.25) is 0 Å². The molecule has 0 saturated carbocycles. The van der Waals surface area contributed by atoms with Crippen LogP contribution in [0.25, 0.3) is 0 Å². The minimum absolute atomic E-state index is 0.609. The Morgan fingerprint density at radius 1 is 1.00 bits per heavy atom. The Bertz CT molecular complexity index is 298. The zero-order valence-corrected chi connectivity index (χ0v) is 12.4. The zero-order chi connectivity index (χ0) is 12.1. The molecule has 1 rings (SSSR count). The van der Waals surface area contributed by atoms with Gasteiger partial charge in [-0.15, -0.1) is 0 Å². The Labute approximate surface area is 109 Å². The molecule has 0 bridgehead atoms. The maximum Gasteiger partial charge on any atom is 0.0188 e. The molecule has 0 fully saturated rings. The highest BCUT2D eigenvalue weighted by Crippen LogP contribution is 2.20. The van der Waals surface area contributed by atoms with Crippen LogP contribution >= 0.6 is 15.9 Å². The van der Waals surface area contributed by atoms with E-state index in [1.807, 2.05) is 0 Å². The molecule has 1 atom stereocenters. The Morgan fingerprint density at radius 2 is 1.56 bits per heavy atom. The van der Waals surface area contributed by atoms with Gasteiger partial charge in [-0.25, -0.2) is 0 Å².